The smallest absolute Gasteiger partial charge is 0.0455 e. The summed E-state index contributed by atoms with van der Waals surface area (Å²) in [6.45, 7) is 3.28. The summed E-state index contributed by atoms with van der Waals surface area (Å²) >= 11 is 0. The summed E-state index contributed by atoms with van der Waals surface area (Å²) in [5.74, 6) is 0. The van der Waals surface area contributed by atoms with Crippen molar-refractivity contribution < 1.29 is 0 Å². The van der Waals surface area contributed by atoms with E-state index in [0.717, 1.165) is 19.8 Å². The minimum atomic E-state index is 0. The van der Waals surface area contributed by atoms with E-state index in [1.165, 1.54) is 0 Å². The molecule has 0 bridgehead atoms. The zero-order valence-corrected chi connectivity index (χ0v) is 6.12. The molecule has 0 atom stereocenters. The topological polar surface area (TPSA) is 24.1 Å². The monoisotopic (exact) mass is 95.1 g/mol. The first kappa shape index (κ1) is 6.92. The SMILES string of the molecule is C1CNCN1.[Na]. The van der Waals surface area contributed by atoms with Crippen molar-refractivity contribution in [2.75, 3.05) is 19.8 Å². The summed E-state index contributed by atoms with van der Waals surface area (Å²) in [6.07, 6.45) is 0. The van der Waals surface area contributed by atoms with Gasteiger partial charge in [-0.3, -0.25) is 0 Å². The van der Waals surface area contributed by atoms with Gasteiger partial charge >= 0.3 is 0 Å². The van der Waals surface area contributed by atoms with E-state index < -0.39 is 0 Å². The normalized spacial score (nSPS) is 20.0. The molecule has 1 rings (SSSR count). The Morgan fingerprint density at radius 1 is 1.00 bits per heavy atom. The molecule has 0 unspecified atom stereocenters. The van der Waals surface area contributed by atoms with Crippen molar-refractivity contribution >= 4 is 29.6 Å². The van der Waals surface area contributed by atoms with Gasteiger partial charge in [-0.1, -0.05) is 0 Å². The molecule has 1 fully saturated rings. The maximum atomic E-state index is 3.11. The summed E-state index contributed by atoms with van der Waals surface area (Å²) in [6, 6.07) is 0. The van der Waals surface area contributed by atoms with Crippen molar-refractivity contribution in [2.45, 2.75) is 0 Å². The first-order chi connectivity index (χ1) is 2.50. The molecular weight excluding hydrogens is 87.0 g/mol. The standard InChI is InChI=1S/C3H8N2.Na/c1-2-5-3-4-1;/h4-5H,1-3H2;. The third kappa shape index (κ3) is 2.16. The fourth-order valence-corrected chi connectivity index (χ4v) is 0.442. The van der Waals surface area contributed by atoms with Crippen LogP contribution in [0.25, 0.3) is 0 Å². The van der Waals surface area contributed by atoms with Crippen LogP contribution >= 0.6 is 0 Å². The summed E-state index contributed by atoms with van der Waals surface area (Å²) in [5, 5.41) is 6.22. The van der Waals surface area contributed by atoms with E-state index in [0.29, 0.717) is 0 Å². The molecule has 2 nitrogen and oxygen atoms in total. The molecule has 31 valence electrons. The third-order valence-corrected chi connectivity index (χ3v) is 0.729. The molecule has 0 amide bonds. The minimum Gasteiger partial charge on any atom is -0.303 e. The second-order valence-corrected chi connectivity index (χ2v) is 1.18. The number of rotatable bonds is 0. The molecule has 0 spiro atoms. The van der Waals surface area contributed by atoms with Gasteiger partial charge in [-0.15, -0.1) is 0 Å². The van der Waals surface area contributed by atoms with Crippen molar-refractivity contribution in [3.05, 3.63) is 0 Å². The Hall–Kier alpha value is 0.920. The van der Waals surface area contributed by atoms with Crippen LogP contribution in [-0.4, -0.2) is 49.3 Å². The van der Waals surface area contributed by atoms with Crippen LogP contribution in [0.5, 0.6) is 0 Å². The molecule has 0 aromatic rings. The molecule has 1 radical (unpaired) electrons. The van der Waals surface area contributed by atoms with E-state index in [4.69, 9.17) is 0 Å². The first-order valence-electron chi connectivity index (χ1n) is 1.91. The maximum Gasteiger partial charge on any atom is 0.0455 e. The predicted octanol–water partition coefficient (Wildman–Crippen LogP) is -1.24. The van der Waals surface area contributed by atoms with Crippen molar-refractivity contribution in [1.29, 1.82) is 0 Å². The van der Waals surface area contributed by atoms with Crippen LogP contribution in [0.3, 0.4) is 0 Å². The first-order valence-corrected chi connectivity index (χ1v) is 1.91. The van der Waals surface area contributed by atoms with Gasteiger partial charge in [0.05, 0.1) is 0 Å². The fraction of sp³-hybridized carbons (Fsp3) is 1.00. The Morgan fingerprint density at radius 2 is 1.50 bits per heavy atom. The van der Waals surface area contributed by atoms with Crippen LogP contribution in [0.2, 0.25) is 0 Å². The number of nitrogens with one attached hydrogen (secondary N) is 2. The van der Waals surface area contributed by atoms with Gasteiger partial charge in [0.1, 0.15) is 0 Å². The van der Waals surface area contributed by atoms with Crippen molar-refractivity contribution in [3.63, 3.8) is 0 Å². The van der Waals surface area contributed by atoms with Crippen LogP contribution in [0, 0.1) is 0 Å². The van der Waals surface area contributed by atoms with E-state index in [1.807, 2.05) is 0 Å². The van der Waals surface area contributed by atoms with Gasteiger partial charge in [0.2, 0.25) is 0 Å². The second kappa shape index (κ2) is 4.09. The summed E-state index contributed by atoms with van der Waals surface area (Å²) < 4.78 is 0. The molecular formula is C3H8N2Na. The quantitative estimate of drug-likeness (QED) is 0.367. The number of hydrogen-bond donors (Lipinski definition) is 2. The Kier molecular flexibility index (Phi) is 4.72. The van der Waals surface area contributed by atoms with Crippen LogP contribution in [0.15, 0.2) is 0 Å². The molecule has 1 aliphatic heterocycles. The van der Waals surface area contributed by atoms with E-state index >= 15 is 0 Å². The van der Waals surface area contributed by atoms with E-state index in [1.54, 1.807) is 0 Å². The molecule has 2 N–H and O–H groups in total. The Morgan fingerprint density at radius 3 is 1.67 bits per heavy atom. The Balaban J connectivity index is 0.000000250. The van der Waals surface area contributed by atoms with Gasteiger partial charge in [0, 0.05) is 49.3 Å². The molecule has 0 saturated carbocycles. The fourth-order valence-electron chi connectivity index (χ4n) is 0.442. The summed E-state index contributed by atoms with van der Waals surface area (Å²) in [4.78, 5) is 0. The van der Waals surface area contributed by atoms with Gasteiger partial charge in [0.15, 0.2) is 0 Å². The molecule has 0 aromatic heterocycles. The largest absolute Gasteiger partial charge is 0.303 e. The zero-order valence-electron chi connectivity index (χ0n) is 4.12. The van der Waals surface area contributed by atoms with Crippen molar-refractivity contribution in [3.8, 4) is 0 Å². The van der Waals surface area contributed by atoms with Gasteiger partial charge in [0.25, 0.3) is 0 Å². The summed E-state index contributed by atoms with van der Waals surface area (Å²) in [7, 11) is 0. The second-order valence-electron chi connectivity index (χ2n) is 1.18. The number of hydrogen-bond acceptors (Lipinski definition) is 2. The van der Waals surface area contributed by atoms with Gasteiger partial charge in [-0.2, -0.15) is 0 Å². The summed E-state index contributed by atoms with van der Waals surface area (Å²) in [5.41, 5.74) is 0. The van der Waals surface area contributed by atoms with Crippen molar-refractivity contribution in [2.24, 2.45) is 0 Å². The molecule has 1 heterocycles. The molecule has 6 heavy (non-hydrogen) atoms. The van der Waals surface area contributed by atoms with E-state index in [9.17, 15) is 0 Å². The third-order valence-electron chi connectivity index (χ3n) is 0.729. The van der Waals surface area contributed by atoms with Crippen LogP contribution in [-0.2, 0) is 0 Å². The molecule has 3 heteroatoms. The van der Waals surface area contributed by atoms with Crippen LogP contribution in [0.1, 0.15) is 0 Å². The zero-order chi connectivity index (χ0) is 3.54. The van der Waals surface area contributed by atoms with Crippen LogP contribution in [0.4, 0.5) is 0 Å². The van der Waals surface area contributed by atoms with Gasteiger partial charge in [-0.25, -0.2) is 0 Å². The van der Waals surface area contributed by atoms with Crippen molar-refractivity contribution in [1.82, 2.24) is 10.6 Å². The minimum absolute atomic E-state index is 0. The van der Waals surface area contributed by atoms with E-state index in [2.05, 4.69) is 10.6 Å². The van der Waals surface area contributed by atoms with E-state index in [-0.39, 0.29) is 29.6 Å². The molecule has 1 aliphatic rings. The average Bonchev–Trinajstić information content (AvgIpc) is 1.76. The Bertz CT molecular complexity index is 20.4. The predicted molar refractivity (Wildman–Crippen MR) is 26.6 cm³/mol. The van der Waals surface area contributed by atoms with Gasteiger partial charge < -0.3 is 10.6 Å². The average molecular weight is 95.1 g/mol. The molecule has 1 saturated heterocycles. The molecule has 0 aliphatic carbocycles. The molecule has 0 aromatic carbocycles. The van der Waals surface area contributed by atoms with Crippen LogP contribution < -0.4 is 10.6 Å². The Labute approximate surface area is 60.0 Å². The van der Waals surface area contributed by atoms with Gasteiger partial charge in [-0.05, 0) is 0 Å². The maximum absolute atomic E-state index is 3.11.